The molecule has 53 heavy (non-hydrogen) atoms. The van der Waals surface area contributed by atoms with Crippen molar-refractivity contribution >= 4 is 23.7 Å². The van der Waals surface area contributed by atoms with Gasteiger partial charge in [0.25, 0.3) is 18.5 Å². The molecule has 0 N–H and O–H groups in total. The maximum absolute atomic E-state index is 13.9. The Balaban J connectivity index is 1.06. The van der Waals surface area contributed by atoms with Crippen LogP contribution in [0.2, 0.25) is 0 Å². The quantitative estimate of drug-likeness (QED) is 0.0819. The van der Waals surface area contributed by atoms with Crippen molar-refractivity contribution in [3.05, 3.63) is 87.8 Å². The summed E-state index contributed by atoms with van der Waals surface area (Å²) in [6, 6.07) is 19.4. The monoisotopic (exact) mass is 724 g/mol. The van der Waals surface area contributed by atoms with Gasteiger partial charge in [-0.3, -0.25) is 19.3 Å². The second-order valence-corrected chi connectivity index (χ2v) is 14.1. The van der Waals surface area contributed by atoms with Crippen LogP contribution >= 0.6 is 0 Å². The van der Waals surface area contributed by atoms with Crippen LogP contribution < -0.4 is 24.5 Å². The Morgan fingerprint density at radius 3 is 2.25 bits per heavy atom. The average Bonchev–Trinajstić information content (AvgIpc) is 3.45. The lowest BCUT2D eigenvalue weighted by atomic mass is 10.0. The Bertz CT molecular complexity index is 1840. The van der Waals surface area contributed by atoms with E-state index in [-0.39, 0.29) is 36.0 Å². The number of aromatic nitrogens is 2. The van der Waals surface area contributed by atoms with Crippen LogP contribution in [0, 0.1) is 0 Å². The highest BCUT2D eigenvalue weighted by molar-refractivity contribution is 5.93. The first kappa shape index (κ1) is 38.0. The highest BCUT2D eigenvalue weighted by Crippen LogP contribution is 2.36. The molecule has 2 aliphatic heterocycles. The van der Waals surface area contributed by atoms with Gasteiger partial charge < -0.3 is 23.8 Å². The summed E-state index contributed by atoms with van der Waals surface area (Å²) < 4.78 is 23.3. The molecule has 1 aromatic heterocycles. The molecule has 2 aliphatic rings. The van der Waals surface area contributed by atoms with Gasteiger partial charge in [-0.05, 0) is 125 Å². The molecule has 0 unspecified atom stereocenters. The molecule has 2 fully saturated rings. The first-order valence-electron chi connectivity index (χ1n) is 19.1. The van der Waals surface area contributed by atoms with E-state index in [1.807, 2.05) is 24.3 Å². The Kier molecular flexibility index (Phi) is 13.9. The lowest BCUT2D eigenvalue weighted by molar-refractivity contribution is -0.123. The number of nitrogens with zero attached hydrogens (tertiary/aromatic N) is 4. The summed E-state index contributed by atoms with van der Waals surface area (Å²) in [5, 5.41) is 5.55. The first-order valence-corrected chi connectivity index (χ1v) is 19.1. The van der Waals surface area contributed by atoms with Gasteiger partial charge in [0, 0.05) is 19.0 Å². The van der Waals surface area contributed by atoms with Crippen LogP contribution in [-0.2, 0) is 29.0 Å². The van der Waals surface area contributed by atoms with E-state index in [4.69, 9.17) is 24.0 Å². The van der Waals surface area contributed by atoms with Crippen molar-refractivity contribution < 1.29 is 28.5 Å². The lowest BCUT2D eigenvalue weighted by Crippen LogP contribution is -2.38. The molecular formula is C42H52N4O7. The van der Waals surface area contributed by atoms with Gasteiger partial charge in [-0.15, -0.1) is 0 Å². The fourth-order valence-corrected chi connectivity index (χ4v) is 7.73. The van der Waals surface area contributed by atoms with Gasteiger partial charge in [-0.1, -0.05) is 37.1 Å². The molecule has 1 atom stereocenters. The molecule has 11 nitrogen and oxygen atoms in total. The summed E-state index contributed by atoms with van der Waals surface area (Å²) in [5.74, 6) is 1.69. The summed E-state index contributed by atoms with van der Waals surface area (Å²) in [4.78, 5) is 41.8. The number of ether oxygens (including phenoxy) is 4. The lowest BCUT2D eigenvalue weighted by Gasteiger charge is -2.25. The molecule has 0 saturated carbocycles. The van der Waals surface area contributed by atoms with Crippen LogP contribution in [0.4, 0.5) is 0 Å². The first-order chi connectivity index (χ1) is 26.1. The third kappa shape index (κ3) is 10.2. The van der Waals surface area contributed by atoms with Crippen LogP contribution in [0.15, 0.2) is 65.5 Å². The SMILES string of the molecule is COc1ccc(Cc2nn(C[C@H]3CCCN3CCCCc3ccc(OCCCN4CCCCCC4)cc3)c(=O)c3ccc(OC=O)c(OC=O)c23)cc1. The predicted molar refractivity (Wildman–Crippen MR) is 204 cm³/mol. The van der Waals surface area contributed by atoms with Crippen molar-refractivity contribution in [2.24, 2.45) is 0 Å². The predicted octanol–water partition coefficient (Wildman–Crippen LogP) is 6.20. The van der Waals surface area contributed by atoms with E-state index >= 15 is 0 Å². The van der Waals surface area contributed by atoms with Crippen molar-refractivity contribution in [2.45, 2.75) is 83.2 Å². The zero-order valence-electron chi connectivity index (χ0n) is 30.9. The molecule has 0 aliphatic carbocycles. The second-order valence-electron chi connectivity index (χ2n) is 14.1. The summed E-state index contributed by atoms with van der Waals surface area (Å²) in [6.07, 6.45) is 12.0. The van der Waals surface area contributed by atoms with Crippen LogP contribution in [0.5, 0.6) is 23.0 Å². The number of methoxy groups -OCH3 is 1. The number of hydrogen-bond donors (Lipinski definition) is 0. The van der Waals surface area contributed by atoms with E-state index in [2.05, 4.69) is 34.1 Å². The van der Waals surface area contributed by atoms with Crippen LogP contribution in [-0.4, -0.2) is 85.0 Å². The zero-order chi connectivity index (χ0) is 36.8. The molecule has 0 amide bonds. The summed E-state index contributed by atoms with van der Waals surface area (Å²) in [5.41, 5.74) is 2.48. The standard InChI is InChI=1S/C42H52N4O7/c1-50-35-16-14-33(15-17-35)28-38-40-37(20-21-39(52-30-47)41(40)53-31-48)42(49)46(43-38)29-34-11-8-26-45(34)25-7-4-10-32-12-18-36(19-13-32)51-27-9-24-44-22-5-2-3-6-23-44/h12-21,30-31,34H,2-11,22-29H2,1H3/t34-/m1/s1. The van der Waals surface area contributed by atoms with Crippen LogP contribution in [0.25, 0.3) is 10.8 Å². The van der Waals surface area contributed by atoms with E-state index in [1.54, 1.807) is 17.9 Å². The fourth-order valence-electron chi connectivity index (χ4n) is 7.73. The zero-order valence-corrected chi connectivity index (χ0v) is 30.9. The van der Waals surface area contributed by atoms with Crippen molar-refractivity contribution in [3.63, 3.8) is 0 Å². The highest BCUT2D eigenvalue weighted by Gasteiger charge is 2.27. The van der Waals surface area contributed by atoms with Gasteiger partial charge in [0.1, 0.15) is 11.5 Å². The Labute approximate surface area is 311 Å². The molecule has 282 valence electrons. The number of fused-ring (bicyclic) bond motifs is 1. The van der Waals surface area contributed by atoms with Crippen molar-refractivity contribution in [2.75, 3.05) is 46.4 Å². The number of carbonyl (C=O) groups is 2. The van der Waals surface area contributed by atoms with Gasteiger partial charge in [0.05, 0.1) is 36.7 Å². The molecule has 6 rings (SSSR count). The normalized spacial score (nSPS) is 16.7. The molecule has 3 heterocycles. The van der Waals surface area contributed by atoms with Crippen LogP contribution in [0.3, 0.4) is 0 Å². The molecule has 0 spiro atoms. The topological polar surface area (TPSA) is 112 Å². The number of carbonyl (C=O) groups excluding carboxylic acids is 2. The number of rotatable bonds is 19. The summed E-state index contributed by atoms with van der Waals surface area (Å²) in [7, 11) is 1.61. The Morgan fingerprint density at radius 2 is 1.51 bits per heavy atom. The number of benzene rings is 3. The van der Waals surface area contributed by atoms with E-state index in [0.29, 0.717) is 29.4 Å². The molecule has 11 heteroatoms. The molecule has 4 aromatic rings. The van der Waals surface area contributed by atoms with Crippen molar-refractivity contribution in [1.82, 2.24) is 19.6 Å². The number of likely N-dealkylation sites (tertiary alicyclic amines) is 2. The Hall–Kier alpha value is -4.74. The third-order valence-corrected chi connectivity index (χ3v) is 10.5. The fraction of sp³-hybridized carbons (Fsp3) is 0.476. The van der Waals surface area contributed by atoms with E-state index in [9.17, 15) is 14.4 Å². The largest absolute Gasteiger partial charge is 0.497 e. The molecule has 2 saturated heterocycles. The van der Waals surface area contributed by atoms with Gasteiger partial charge in [0.2, 0.25) is 0 Å². The number of unbranched alkanes of at least 4 members (excludes halogenated alkanes) is 1. The van der Waals surface area contributed by atoms with Gasteiger partial charge in [0.15, 0.2) is 11.5 Å². The number of hydrogen-bond acceptors (Lipinski definition) is 10. The maximum atomic E-state index is 13.9. The van der Waals surface area contributed by atoms with Crippen LogP contribution in [0.1, 0.15) is 74.6 Å². The van der Waals surface area contributed by atoms with E-state index in [0.717, 1.165) is 81.8 Å². The van der Waals surface area contributed by atoms with Gasteiger partial charge >= 0.3 is 0 Å². The molecule has 0 bridgehead atoms. The smallest absolute Gasteiger partial charge is 0.298 e. The molecular weight excluding hydrogens is 672 g/mol. The minimum absolute atomic E-state index is 0.00642. The molecule has 0 radical (unpaired) electrons. The van der Waals surface area contributed by atoms with Gasteiger partial charge in [-0.25, -0.2) is 4.68 Å². The second kappa shape index (κ2) is 19.4. The summed E-state index contributed by atoms with van der Waals surface area (Å²) >= 11 is 0. The minimum Gasteiger partial charge on any atom is -0.497 e. The highest BCUT2D eigenvalue weighted by atomic mass is 16.6. The number of aryl methyl sites for hydroxylation is 1. The molecule has 3 aromatic carbocycles. The van der Waals surface area contributed by atoms with E-state index in [1.165, 1.54) is 50.4 Å². The third-order valence-electron chi connectivity index (χ3n) is 10.5. The van der Waals surface area contributed by atoms with Crippen molar-refractivity contribution in [3.8, 4) is 23.0 Å². The minimum atomic E-state index is -0.288. The Morgan fingerprint density at radius 1 is 0.774 bits per heavy atom. The summed E-state index contributed by atoms with van der Waals surface area (Å²) in [6.45, 7) is 7.23. The maximum Gasteiger partial charge on any atom is 0.298 e. The van der Waals surface area contributed by atoms with E-state index < -0.39 is 0 Å². The average molecular weight is 725 g/mol. The van der Waals surface area contributed by atoms with Gasteiger partial charge in [-0.2, -0.15) is 5.10 Å². The van der Waals surface area contributed by atoms with Crippen molar-refractivity contribution in [1.29, 1.82) is 0 Å².